The van der Waals surface area contributed by atoms with Crippen LogP contribution in [0.4, 0.5) is 5.69 Å². The normalized spacial score (nSPS) is 11.3. The maximum absolute atomic E-state index is 12.7. The molecule has 0 fully saturated rings. The summed E-state index contributed by atoms with van der Waals surface area (Å²) >= 11 is 0. The zero-order valence-corrected chi connectivity index (χ0v) is 15.3. The molecule has 0 aliphatic heterocycles. The number of ether oxygens (including phenoxy) is 1. The highest BCUT2D eigenvalue weighted by Crippen LogP contribution is 2.17. The maximum atomic E-state index is 12.7. The molecule has 3 rings (SSSR count). The SMILES string of the molecule is C[C@@H](OC(=O)c1ccccc1C(=O)c1ccccc1)C(=O)Nc1ccccc1. The summed E-state index contributed by atoms with van der Waals surface area (Å²) in [5.41, 5.74) is 1.43. The van der Waals surface area contributed by atoms with E-state index >= 15 is 0 Å². The van der Waals surface area contributed by atoms with Crippen molar-refractivity contribution < 1.29 is 19.1 Å². The van der Waals surface area contributed by atoms with Crippen LogP contribution in [0, 0.1) is 0 Å². The number of amides is 1. The van der Waals surface area contributed by atoms with Gasteiger partial charge in [0.05, 0.1) is 5.56 Å². The van der Waals surface area contributed by atoms with Gasteiger partial charge in [-0.1, -0.05) is 66.7 Å². The molecule has 1 atom stereocenters. The Balaban J connectivity index is 1.74. The molecular weight excluding hydrogens is 354 g/mol. The zero-order chi connectivity index (χ0) is 19.9. The lowest BCUT2D eigenvalue weighted by atomic mass is 9.98. The van der Waals surface area contributed by atoms with E-state index in [1.165, 1.54) is 13.0 Å². The smallest absolute Gasteiger partial charge is 0.339 e. The van der Waals surface area contributed by atoms with Gasteiger partial charge in [0.2, 0.25) is 0 Å². The van der Waals surface area contributed by atoms with Crippen molar-refractivity contribution in [3.8, 4) is 0 Å². The minimum absolute atomic E-state index is 0.121. The number of carbonyl (C=O) groups is 3. The zero-order valence-electron chi connectivity index (χ0n) is 15.3. The average Bonchev–Trinajstić information content (AvgIpc) is 2.74. The number of para-hydroxylation sites is 1. The van der Waals surface area contributed by atoms with Crippen LogP contribution in [-0.4, -0.2) is 23.8 Å². The van der Waals surface area contributed by atoms with E-state index in [-0.39, 0.29) is 16.9 Å². The minimum atomic E-state index is -1.02. The fourth-order valence-electron chi connectivity index (χ4n) is 2.65. The van der Waals surface area contributed by atoms with Gasteiger partial charge in [0.15, 0.2) is 11.9 Å². The molecule has 0 aromatic heterocycles. The summed E-state index contributed by atoms with van der Waals surface area (Å²) in [5, 5.41) is 2.68. The second kappa shape index (κ2) is 8.77. The van der Waals surface area contributed by atoms with E-state index in [4.69, 9.17) is 4.74 Å². The van der Waals surface area contributed by atoms with Crippen LogP contribution in [0.1, 0.15) is 33.2 Å². The first kappa shape index (κ1) is 19.0. The van der Waals surface area contributed by atoms with Gasteiger partial charge in [0, 0.05) is 16.8 Å². The molecule has 28 heavy (non-hydrogen) atoms. The largest absolute Gasteiger partial charge is 0.449 e. The molecule has 1 N–H and O–H groups in total. The van der Waals surface area contributed by atoms with Crippen molar-refractivity contribution in [2.45, 2.75) is 13.0 Å². The molecule has 0 radical (unpaired) electrons. The third-order valence-electron chi connectivity index (χ3n) is 4.12. The Bertz CT molecular complexity index is 984. The third kappa shape index (κ3) is 4.51. The van der Waals surface area contributed by atoms with Crippen molar-refractivity contribution in [3.05, 3.63) is 102 Å². The number of esters is 1. The van der Waals surface area contributed by atoms with E-state index in [9.17, 15) is 14.4 Å². The Morgan fingerprint density at radius 1 is 0.750 bits per heavy atom. The number of nitrogens with one attached hydrogen (secondary N) is 1. The number of hydrogen-bond acceptors (Lipinski definition) is 4. The molecule has 5 nitrogen and oxygen atoms in total. The number of benzene rings is 3. The van der Waals surface area contributed by atoms with E-state index in [2.05, 4.69) is 5.32 Å². The molecule has 0 aliphatic rings. The van der Waals surface area contributed by atoms with Crippen LogP contribution in [0.15, 0.2) is 84.9 Å². The van der Waals surface area contributed by atoms with E-state index in [0.717, 1.165) is 0 Å². The Hall–Kier alpha value is -3.73. The van der Waals surface area contributed by atoms with Gasteiger partial charge in [-0.15, -0.1) is 0 Å². The first-order valence-electron chi connectivity index (χ1n) is 8.82. The summed E-state index contributed by atoms with van der Waals surface area (Å²) in [6.07, 6.45) is -1.02. The van der Waals surface area contributed by atoms with Gasteiger partial charge in [-0.2, -0.15) is 0 Å². The van der Waals surface area contributed by atoms with Gasteiger partial charge in [-0.05, 0) is 25.1 Å². The fourth-order valence-corrected chi connectivity index (χ4v) is 2.65. The van der Waals surface area contributed by atoms with Gasteiger partial charge in [-0.25, -0.2) is 4.79 Å². The quantitative estimate of drug-likeness (QED) is 0.521. The van der Waals surface area contributed by atoms with Gasteiger partial charge >= 0.3 is 5.97 Å². The Labute approximate surface area is 163 Å². The molecule has 3 aromatic rings. The Kier molecular flexibility index (Phi) is 5.97. The molecule has 5 heteroatoms. The third-order valence-corrected chi connectivity index (χ3v) is 4.12. The predicted octanol–water partition coefficient (Wildman–Crippen LogP) is 4.10. The molecule has 0 aliphatic carbocycles. The summed E-state index contributed by atoms with van der Waals surface area (Å²) in [7, 11) is 0. The van der Waals surface area contributed by atoms with E-state index in [0.29, 0.717) is 11.3 Å². The van der Waals surface area contributed by atoms with Crippen molar-refractivity contribution in [2.75, 3.05) is 5.32 Å². The van der Waals surface area contributed by atoms with Crippen LogP contribution in [0.2, 0.25) is 0 Å². The average molecular weight is 373 g/mol. The Morgan fingerprint density at radius 2 is 1.29 bits per heavy atom. The minimum Gasteiger partial charge on any atom is -0.449 e. The first-order chi connectivity index (χ1) is 13.6. The highest BCUT2D eigenvalue weighted by molar-refractivity contribution is 6.14. The number of anilines is 1. The van der Waals surface area contributed by atoms with E-state index in [1.807, 2.05) is 12.1 Å². The fraction of sp³-hybridized carbons (Fsp3) is 0.0870. The van der Waals surface area contributed by atoms with E-state index in [1.54, 1.807) is 66.7 Å². The highest BCUT2D eigenvalue weighted by Gasteiger charge is 2.23. The molecule has 1 amide bonds. The highest BCUT2D eigenvalue weighted by atomic mass is 16.5. The van der Waals surface area contributed by atoms with Crippen LogP contribution < -0.4 is 5.32 Å². The van der Waals surface area contributed by atoms with Gasteiger partial charge in [0.25, 0.3) is 5.91 Å². The van der Waals surface area contributed by atoms with Crippen molar-refractivity contribution in [3.63, 3.8) is 0 Å². The topological polar surface area (TPSA) is 72.5 Å². The van der Waals surface area contributed by atoms with Gasteiger partial charge in [-0.3, -0.25) is 9.59 Å². The molecule has 0 unspecified atom stereocenters. The lowest BCUT2D eigenvalue weighted by molar-refractivity contribution is -0.123. The molecule has 0 spiro atoms. The van der Waals surface area contributed by atoms with Crippen LogP contribution in [0.25, 0.3) is 0 Å². The standard InChI is InChI=1S/C23H19NO4/c1-16(22(26)24-18-12-6-3-7-13-18)28-23(27)20-15-9-8-14-19(20)21(25)17-10-4-2-5-11-17/h2-16H,1H3,(H,24,26)/t16-/m1/s1. The van der Waals surface area contributed by atoms with Crippen LogP contribution in [0.5, 0.6) is 0 Å². The molecule has 0 bridgehead atoms. The monoisotopic (exact) mass is 373 g/mol. The van der Waals surface area contributed by atoms with Crippen LogP contribution >= 0.6 is 0 Å². The second-order valence-electron chi connectivity index (χ2n) is 6.14. The molecule has 0 saturated heterocycles. The number of carbonyl (C=O) groups excluding carboxylic acids is 3. The summed E-state index contributed by atoms with van der Waals surface area (Å²) < 4.78 is 5.29. The van der Waals surface area contributed by atoms with Crippen molar-refractivity contribution >= 4 is 23.3 Å². The summed E-state index contributed by atoms with van der Waals surface area (Å²) in [5.74, 6) is -1.46. The summed E-state index contributed by atoms with van der Waals surface area (Å²) in [4.78, 5) is 37.6. The summed E-state index contributed by atoms with van der Waals surface area (Å²) in [6.45, 7) is 1.48. The number of hydrogen-bond donors (Lipinski definition) is 1. The summed E-state index contributed by atoms with van der Waals surface area (Å²) in [6, 6.07) is 24.0. The van der Waals surface area contributed by atoms with E-state index < -0.39 is 18.0 Å². The van der Waals surface area contributed by atoms with Crippen LogP contribution in [-0.2, 0) is 9.53 Å². The first-order valence-corrected chi connectivity index (χ1v) is 8.82. The molecular formula is C23H19NO4. The molecule has 140 valence electrons. The van der Waals surface area contributed by atoms with Crippen molar-refractivity contribution in [1.29, 1.82) is 0 Å². The number of rotatable bonds is 6. The van der Waals surface area contributed by atoms with Gasteiger partial charge < -0.3 is 10.1 Å². The van der Waals surface area contributed by atoms with Crippen molar-refractivity contribution in [2.24, 2.45) is 0 Å². The lowest BCUT2D eigenvalue weighted by Crippen LogP contribution is -2.30. The van der Waals surface area contributed by atoms with Crippen molar-refractivity contribution in [1.82, 2.24) is 0 Å². The maximum Gasteiger partial charge on any atom is 0.339 e. The van der Waals surface area contributed by atoms with Crippen LogP contribution in [0.3, 0.4) is 0 Å². The van der Waals surface area contributed by atoms with Gasteiger partial charge in [0.1, 0.15) is 0 Å². The molecule has 0 heterocycles. The second-order valence-corrected chi connectivity index (χ2v) is 6.14. The molecule has 3 aromatic carbocycles. The molecule has 0 saturated carbocycles. The Morgan fingerprint density at radius 3 is 1.93 bits per heavy atom. The lowest BCUT2D eigenvalue weighted by Gasteiger charge is -2.15. The predicted molar refractivity (Wildman–Crippen MR) is 106 cm³/mol. The number of ketones is 1.